The first-order valence-corrected chi connectivity index (χ1v) is 22.5. The number of benzene rings is 7. The SMILES string of the molecule is [2H]C([2H])([2H])c1cc(-n2c(-c3ccccc3O)nc3c(-c4cc(-c5cc(-c6ccc(C(C)(C)C)cc6)ccn5)cc(C(C)(C)C)c4)cccc32)c(-c2ccc(C(C)(C)C)cc2)cc1-c1ccccc1. The molecule has 2 heterocycles. The van der Waals surface area contributed by atoms with Gasteiger partial charge in [-0.25, -0.2) is 4.98 Å². The second kappa shape index (κ2) is 16.5. The lowest BCUT2D eigenvalue weighted by molar-refractivity contribution is 0.477. The molecule has 0 unspecified atom stereocenters. The van der Waals surface area contributed by atoms with Crippen molar-refractivity contribution < 1.29 is 9.22 Å². The standard InChI is InChI=1S/C61H59N3O/c1-39-33-55(52(38-51(39)41-17-12-11-13-18-41)42-25-29-47(30-26-42)60(5,6)7)64-54-21-16-20-49(57(54)63-58(64)50-19-14-15-22-56(50)65)44-34-45(36-48(35-44)61(8,9)10)53-37-43(31-32-62-53)40-23-27-46(28-24-40)59(2,3)4/h11-38,65H,1-10H3/i1D3. The molecule has 0 amide bonds. The summed E-state index contributed by atoms with van der Waals surface area (Å²) in [7, 11) is 0. The van der Waals surface area contributed by atoms with E-state index in [2.05, 4.69) is 147 Å². The maximum absolute atomic E-state index is 11.6. The average molecular weight is 853 g/mol. The van der Waals surface area contributed by atoms with Crippen molar-refractivity contribution in [2.45, 2.75) is 85.4 Å². The number of pyridine rings is 1. The Labute approximate surface area is 389 Å². The molecule has 0 bridgehead atoms. The number of aromatic nitrogens is 3. The molecular weight excluding hydrogens is 791 g/mol. The van der Waals surface area contributed by atoms with Crippen LogP contribution in [0.4, 0.5) is 0 Å². The van der Waals surface area contributed by atoms with Crippen molar-refractivity contribution >= 4 is 11.0 Å². The van der Waals surface area contributed by atoms with Crippen molar-refractivity contribution in [1.82, 2.24) is 14.5 Å². The Hall–Kier alpha value is -7.04. The van der Waals surface area contributed by atoms with Crippen molar-refractivity contribution in [3.63, 3.8) is 0 Å². The summed E-state index contributed by atoms with van der Waals surface area (Å²) in [6.07, 6.45) is 1.89. The van der Waals surface area contributed by atoms with E-state index in [9.17, 15) is 5.11 Å². The van der Waals surface area contributed by atoms with Crippen molar-refractivity contribution in [3.05, 3.63) is 192 Å². The number of aryl methyl sites for hydroxylation is 1. The smallest absolute Gasteiger partial charge is 0.149 e. The number of fused-ring (bicyclic) bond motifs is 1. The summed E-state index contributed by atoms with van der Waals surface area (Å²) in [5, 5.41) is 11.6. The molecule has 4 heteroatoms. The Morgan fingerprint density at radius 2 is 1.06 bits per heavy atom. The number of phenolic OH excluding ortho intramolecular Hbond substituents is 1. The number of hydrogen-bond acceptors (Lipinski definition) is 3. The van der Waals surface area contributed by atoms with Crippen LogP contribution in [-0.4, -0.2) is 19.6 Å². The zero-order chi connectivity index (χ0) is 48.3. The molecule has 1 N–H and O–H groups in total. The summed E-state index contributed by atoms with van der Waals surface area (Å²) in [6.45, 7) is 17.5. The molecule has 7 aromatic carbocycles. The number of hydrogen-bond donors (Lipinski definition) is 1. The van der Waals surface area contributed by atoms with Crippen LogP contribution >= 0.6 is 0 Å². The normalized spacial score (nSPS) is 13.1. The molecule has 0 aliphatic carbocycles. The molecule has 0 saturated heterocycles. The summed E-state index contributed by atoms with van der Waals surface area (Å²) < 4.78 is 28.8. The predicted molar refractivity (Wildman–Crippen MR) is 274 cm³/mol. The molecule has 0 atom stereocenters. The van der Waals surface area contributed by atoms with E-state index in [0.717, 1.165) is 61.3 Å². The van der Waals surface area contributed by atoms with Gasteiger partial charge in [-0.15, -0.1) is 0 Å². The minimum atomic E-state index is -2.46. The highest BCUT2D eigenvalue weighted by molar-refractivity contribution is 5.98. The van der Waals surface area contributed by atoms with E-state index in [1.54, 1.807) is 12.1 Å². The van der Waals surface area contributed by atoms with Gasteiger partial charge in [-0.2, -0.15) is 0 Å². The fourth-order valence-electron chi connectivity index (χ4n) is 8.72. The quantitative estimate of drug-likeness (QED) is 0.174. The van der Waals surface area contributed by atoms with Crippen LogP contribution in [0.15, 0.2) is 170 Å². The van der Waals surface area contributed by atoms with E-state index in [-0.39, 0.29) is 27.6 Å². The zero-order valence-electron chi connectivity index (χ0n) is 42.0. The lowest BCUT2D eigenvalue weighted by Gasteiger charge is -2.22. The molecule has 4 nitrogen and oxygen atoms in total. The molecule has 0 radical (unpaired) electrons. The van der Waals surface area contributed by atoms with E-state index in [1.807, 2.05) is 77.5 Å². The van der Waals surface area contributed by atoms with Crippen molar-refractivity contribution in [1.29, 1.82) is 0 Å². The lowest BCUT2D eigenvalue weighted by Crippen LogP contribution is -2.11. The third kappa shape index (κ3) is 8.54. The number of rotatable bonds is 7. The van der Waals surface area contributed by atoms with Gasteiger partial charge in [-0.3, -0.25) is 9.55 Å². The minimum Gasteiger partial charge on any atom is -0.507 e. The molecule has 324 valence electrons. The second-order valence-electron chi connectivity index (χ2n) is 20.4. The number of nitrogens with zero attached hydrogens (tertiary/aromatic N) is 3. The fourth-order valence-corrected chi connectivity index (χ4v) is 8.72. The number of phenols is 1. The van der Waals surface area contributed by atoms with Crippen LogP contribution in [0.3, 0.4) is 0 Å². The monoisotopic (exact) mass is 852 g/mol. The molecule has 9 rings (SSSR count). The van der Waals surface area contributed by atoms with E-state index >= 15 is 0 Å². The Kier molecular flexibility index (Phi) is 10.0. The van der Waals surface area contributed by atoms with Crippen molar-refractivity contribution in [2.24, 2.45) is 0 Å². The lowest BCUT2D eigenvalue weighted by atomic mass is 9.83. The van der Waals surface area contributed by atoms with Crippen LogP contribution in [-0.2, 0) is 16.2 Å². The summed E-state index contributed by atoms with van der Waals surface area (Å²) in [4.78, 5) is 10.4. The van der Waals surface area contributed by atoms with Crippen LogP contribution < -0.4 is 0 Å². The molecule has 0 aliphatic rings. The van der Waals surface area contributed by atoms with Gasteiger partial charge in [-0.1, -0.05) is 172 Å². The van der Waals surface area contributed by atoms with Crippen molar-refractivity contribution in [2.75, 3.05) is 0 Å². The molecule has 65 heavy (non-hydrogen) atoms. The average Bonchev–Trinajstić information content (AvgIpc) is 3.70. The van der Waals surface area contributed by atoms with Gasteiger partial charge in [0.2, 0.25) is 0 Å². The van der Waals surface area contributed by atoms with Crippen LogP contribution in [0.1, 0.15) is 88.7 Å². The number of imidazole rings is 1. The highest BCUT2D eigenvalue weighted by Crippen LogP contribution is 2.43. The van der Waals surface area contributed by atoms with Gasteiger partial charge in [-0.05, 0) is 133 Å². The highest BCUT2D eigenvalue weighted by atomic mass is 16.3. The summed E-state index contributed by atoms with van der Waals surface area (Å²) >= 11 is 0. The van der Waals surface area contributed by atoms with Crippen LogP contribution in [0.5, 0.6) is 5.75 Å². The summed E-state index contributed by atoms with van der Waals surface area (Å²) in [5.74, 6) is 0.552. The Balaban J connectivity index is 1.31. The Morgan fingerprint density at radius 1 is 0.462 bits per heavy atom. The predicted octanol–water partition coefficient (Wildman–Crippen LogP) is 16.3. The van der Waals surface area contributed by atoms with Crippen LogP contribution in [0.2, 0.25) is 0 Å². The van der Waals surface area contributed by atoms with Gasteiger partial charge in [0.05, 0.1) is 28.0 Å². The third-order valence-corrected chi connectivity index (χ3v) is 12.6. The van der Waals surface area contributed by atoms with Gasteiger partial charge < -0.3 is 5.11 Å². The molecule has 0 fully saturated rings. The maximum atomic E-state index is 11.6. The molecule has 9 aromatic rings. The largest absolute Gasteiger partial charge is 0.507 e. The number of aromatic hydroxyl groups is 1. The molecule has 0 spiro atoms. The van der Waals surface area contributed by atoms with Crippen LogP contribution in [0.25, 0.3) is 83.9 Å². The second-order valence-corrected chi connectivity index (χ2v) is 20.4. The summed E-state index contributed by atoms with van der Waals surface area (Å²) in [6, 6.07) is 55.2. The highest BCUT2D eigenvalue weighted by Gasteiger charge is 2.25. The zero-order valence-corrected chi connectivity index (χ0v) is 39.0. The first-order chi connectivity index (χ1) is 32.1. The van der Waals surface area contributed by atoms with Gasteiger partial charge in [0.25, 0.3) is 0 Å². The number of para-hydroxylation sites is 2. The third-order valence-electron chi connectivity index (χ3n) is 12.6. The first-order valence-electron chi connectivity index (χ1n) is 24.0. The van der Waals surface area contributed by atoms with E-state index in [0.29, 0.717) is 28.2 Å². The summed E-state index contributed by atoms with van der Waals surface area (Å²) in [5.41, 5.74) is 15.4. The fraction of sp³-hybridized carbons (Fsp3) is 0.213. The van der Waals surface area contributed by atoms with Gasteiger partial charge in [0.1, 0.15) is 11.6 Å². The minimum absolute atomic E-state index is 0.0566. The Bertz CT molecular complexity index is 3310. The van der Waals surface area contributed by atoms with Gasteiger partial charge in [0, 0.05) is 27.0 Å². The van der Waals surface area contributed by atoms with E-state index in [1.165, 1.54) is 11.1 Å². The van der Waals surface area contributed by atoms with E-state index < -0.39 is 6.85 Å². The first kappa shape index (κ1) is 39.5. The molecule has 2 aromatic heterocycles. The molecule has 0 aliphatic heterocycles. The van der Waals surface area contributed by atoms with Crippen molar-refractivity contribution in [3.8, 4) is 78.6 Å². The van der Waals surface area contributed by atoms with E-state index in [4.69, 9.17) is 14.1 Å². The van der Waals surface area contributed by atoms with Gasteiger partial charge >= 0.3 is 0 Å². The molecular formula is C61H59N3O. The van der Waals surface area contributed by atoms with Crippen LogP contribution in [0, 0.1) is 6.85 Å². The topological polar surface area (TPSA) is 50.9 Å². The Morgan fingerprint density at radius 3 is 1.71 bits per heavy atom. The van der Waals surface area contributed by atoms with Gasteiger partial charge in [0.15, 0.2) is 0 Å². The molecule has 0 saturated carbocycles. The maximum Gasteiger partial charge on any atom is 0.149 e.